The van der Waals surface area contributed by atoms with Crippen LogP contribution in [0.5, 0.6) is 0 Å². The number of likely N-dealkylation sites (tertiary alicyclic amines) is 1. The van der Waals surface area contributed by atoms with Crippen LogP contribution in [0.2, 0.25) is 0 Å². The molecule has 1 heterocycles. The van der Waals surface area contributed by atoms with E-state index < -0.39 is 6.04 Å². The van der Waals surface area contributed by atoms with Crippen molar-refractivity contribution in [3.63, 3.8) is 0 Å². The van der Waals surface area contributed by atoms with E-state index in [0.29, 0.717) is 0 Å². The molecule has 1 saturated heterocycles. The summed E-state index contributed by atoms with van der Waals surface area (Å²) in [5, 5.41) is 3.19. The van der Waals surface area contributed by atoms with Crippen molar-refractivity contribution in [1.29, 1.82) is 0 Å². The number of nitrogens with zero attached hydrogens (tertiary/aromatic N) is 1. The van der Waals surface area contributed by atoms with Gasteiger partial charge in [-0.05, 0) is 69.3 Å². The maximum atomic E-state index is 12.3. The molecule has 2 amide bonds. The first-order chi connectivity index (χ1) is 9.47. The first kappa shape index (κ1) is 14.1. The summed E-state index contributed by atoms with van der Waals surface area (Å²) in [5.74, 6) is -0.161. The molecular weight excluding hydrogens is 388 g/mol. The molecule has 3 rings (SSSR count). The van der Waals surface area contributed by atoms with Gasteiger partial charge in [0, 0.05) is 15.0 Å². The van der Waals surface area contributed by atoms with Crippen LogP contribution >= 0.6 is 31.9 Å². The van der Waals surface area contributed by atoms with Gasteiger partial charge in [0.2, 0.25) is 5.91 Å². The number of nitrogens with one attached hydrogen (secondary N) is 1. The number of hydrogen-bond acceptors (Lipinski definition) is 3. The summed E-state index contributed by atoms with van der Waals surface area (Å²) in [4.78, 5) is 25.7. The number of amides is 2. The molecule has 2 aliphatic rings. The lowest BCUT2D eigenvalue weighted by Crippen LogP contribution is -2.36. The number of anilines is 1. The highest BCUT2D eigenvalue weighted by Gasteiger charge is 2.46. The zero-order valence-corrected chi connectivity index (χ0v) is 14.1. The Bertz CT molecular complexity index is 576. The number of benzene rings is 1. The van der Waals surface area contributed by atoms with Crippen LogP contribution in [0.3, 0.4) is 0 Å². The molecule has 20 heavy (non-hydrogen) atoms. The first-order valence-electron chi connectivity index (χ1n) is 6.55. The fourth-order valence-corrected chi connectivity index (χ4v) is 4.14. The maximum absolute atomic E-state index is 12.3. The van der Waals surface area contributed by atoms with Crippen LogP contribution in [0.1, 0.15) is 24.8 Å². The molecule has 1 unspecified atom stereocenters. The van der Waals surface area contributed by atoms with Gasteiger partial charge in [0.25, 0.3) is 5.91 Å². The van der Waals surface area contributed by atoms with Crippen LogP contribution in [0, 0.1) is 6.92 Å². The van der Waals surface area contributed by atoms with Crippen molar-refractivity contribution in [3.05, 3.63) is 26.6 Å². The Morgan fingerprint density at radius 1 is 1.20 bits per heavy atom. The predicted octanol–water partition coefficient (Wildman–Crippen LogP) is 3.22. The average molecular weight is 402 g/mol. The second-order valence-electron chi connectivity index (χ2n) is 5.34. The molecule has 2 fully saturated rings. The van der Waals surface area contributed by atoms with Crippen LogP contribution in [0.4, 0.5) is 5.69 Å². The molecule has 1 aliphatic heterocycles. The van der Waals surface area contributed by atoms with Gasteiger partial charge in [0.05, 0.1) is 12.1 Å². The minimum atomic E-state index is -0.460. The molecule has 106 valence electrons. The number of hydrogen-bond donors (Lipinski definition) is 1. The monoisotopic (exact) mass is 400 g/mol. The van der Waals surface area contributed by atoms with E-state index in [0.717, 1.165) is 33.0 Å². The number of halogens is 2. The van der Waals surface area contributed by atoms with E-state index in [1.54, 1.807) is 0 Å². The summed E-state index contributed by atoms with van der Waals surface area (Å²) < 4.78 is 1.77. The predicted molar refractivity (Wildman–Crippen MR) is 83.5 cm³/mol. The molecule has 1 N–H and O–H groups in total. The molecule has 1 aliphatic carbocycles. The van der Waals surface area contributed by atoms with Gasteiger partial charge < -0.3 is 5.32 Å². The van der Waals surface area contributed by atoms with Gasteiger partial charge in [0.15, 0.2) is 0 Å². The van der Waals surface area contributed by atoms with E-state index in [1.165, 1.54) is 4.90 Å². The van der Waals surface area contributed by atoms with Crippen LogP contribution in [0.15, 0.2) is 21.1 Å². The molecule has 6 heteroatoms. The van der Waals surface area contributed by atoms with E-state index in [4.69, 9.17) is 0 Å². The lowest BCUT2D eigenvalue weighted by molar-refractivity contribution is -0.139. The Labute approximate surface area is 134 Å². The molecule has 1 aromatic rings. The average Bonchev–Trinajstić information content (AvgIpc) is 3.12. The van der Waals surface area contributed by atoms with Crippen molar-refractivity contribution in [2.75, 3.05) is 5.32 Å². The smallest absolute Gasteiger partial charge is 0.252 e. The lowest BCUT2D eigenvalue weighted by Gasteiger charge is -2.17. The van der Waals surface area contributed by atoms with Gasteiger partial charge in [-0.1, -0.05) is 0 Å². The standard InChI is InChI=1S/C14H14Br2N2O2/c1-7-4-9(15)13(10(16)5-7)17-11-6-12(19)18(14(11)20)8-2-3-8/h4-5,8,11,17H,2-3,6H2,1H3. The van der Waals surface area contributed by atoms with E-state index in [9.17, 15) is 9.59 Å². The highest BCUT2D eigenvalue weighted by atomic mass is 79.9. The molecular formula is C14H14Br2N2O2. The second kappa shape index (κ2) is 5.15. The SMILES string of the molecule is Cc1cc(Br)c(NC2CC(=O)N(C3CC3)C2=O)c(Br)c1. The van der Waals surface area contributed by atoms with Crippen molar-refractivity contribution in [2.45, 2.75) is 38.3 Å². The Kier molecular flexibility index (Phi) is 3.62. The highest BCUT2D eigenvalue weighted by Crippen LogP contribution is 2.36. The maximum Gasteiger partial charge on any atom is 0.252 e. The van der Waals surface area contributed by atoms with Crippen molar-refractivity contribution >= 4 is 49.4 Å². The minimum absolute atomic E-state index is 0.0608. The zero-order valence-electron chi connectivity index (χ0n) is 11.0. The van der Waals surface area contributed by atoms with Crippen molar-refractivity contribution in [2.24, 2.45) is 0 Å². The molecule has 4 nitrogen and oxygen atoms in total. The van der Waals surface area contributed by atoms with E-state index in [-0.39, 0.29) is 24.3 Å². The molecule has 1 aromatic carbocycles. The second-order valence-corrected chi connectivity index (χ2v) is 7.05. The van der Waals surface area contributed by atoms with E-state index in [1.807, 2.05) is 19.1 Å². The summed E-state index contributed by atoms with van der Waals surface area (Å²) in [6, 6.07) is 3.64. The summed E-state index contributed by atoms with van der Waals surface area (Å²) in [6.07, 6.45) is 2.13. The number of rotatable bonds is 3. The van der Waals surface area contributed by atoms with E-state index in [2.05, 4.69) is 37.2 Å². The molecule has 0 radical (unpaired) electrons. The lowest BCUT2D eigenvalue weighted by atomic mass is 10.2. The van der Waals surface area contributed by atoms with Gasteiger partial charge in [-0.3, -0.25) is 14.5 Å². The number of imide groups is 1. The Morgan fingerprint density at radius 3 is 2.35 bits per heavy atom. The summed E-state index contributed by atoms with van der Waals surface area (Å²) >= 11 is 6.99. The van der Waals surface area contributed by atoms with Crippen molar-refractivity contribution < 1.29 is 9.59 Å². The largest absolute Gasteiger partial charge is 0.371 e. The molecule has 1 saturated carbocycles. The van der Waals surface area contributed by atoms with Crippen LogP contribution in [-0.2, 0) is 9.59 Å². The Balaban J connectivity index is 1.82. The van der Waals surface area contributed by atoms with Crippen LogP contribution < -0.4 is 5.32 Å². The number of aryl methyl sites for hydroxylation is 1. The van der Waals surface area contributed by atoms with Crippen LogP contribution in [-0.4, -0.2) is 28.8 Å². The normalized spacial score (nSPS) is 22.6. The van der Waals surface area contributed by atoms with Crippen molar-refractivity contribution in [3.8, 4) is 0 Å². The van der Waals surface area contributed by atoms with Gasteiger partial charge in [-0.25, -0.2) is 0 Å². The number of carbonyl (C=O) groups excluding carboxylic acids is 2. The number of carbonyl (C=O) groups is 2. The zero-order chi connectivity index (χ0) is 14.4. The summed E-state index contributed by atoms with van der Waals surface area (Å²) in [7, 11) is 0. The van der Waals surface area contributed by atoms with Gasteiger partial charge >= 0.3 is 0 Å². The topological polar surface area (TPSA) is 49.4 Å². The third-order valence-electron chi connectivity index (χ3n) is 3.60. The Morgan fingerprint density at radius 2 is 1.80 bits per heavy atom. The minimum Gasteiger partial charge on any atom is -0.371 e. The summed E-state index contributed by atoms with van der Waals surface area (Å²) in [5.41, 5.74) is 1.93. The summed E-state index contributed by atoms with van der Waals surface area (Å²) in [6.45, 7) is 2.00. The molecule has 0 aromatic heterocycles. The van der Waals surface area contributed by atoms with E-state index >= 15 is 0 Å². The third-order valence-corrected chi connectivity index (χ3v) is 4.85. The Hall–Kier alpha value is -0.880. The van der Waals surface area contributed by atoms with Gasteiger partial charge in [-0.15, -0.1) is 0 Å². The third kappa shape index (κ3) is 2.51. The highest BCUT2D eigenvalue weighted by molar-refractivity contribution is 9.11. The van der Waals surface area contributed by atoms with Crippen LogP contribution in [0.25, 0.3) is 0 Å². The fourth-order valence-electron chi connectivity index (χ4n) is 2.49. The first-order valence-corrected chi connectivity index (χ1v) is 8.14. The van der Waals surface area contributed by atoms with Gasteiger partial charge in [-0.2, -0.15) is 0 Å². The molecule has 0 bridgehead atoms. The molecule has 0 spiro atoms. The van der Waals surface area contributed by atoms with Gasteiger partial charge in [0.1, 0.15) is 6.04 Å². The quantitative estimate of drug-likeness (QED) is 0.791. The van der Waals surface area contributed by atoms with Crippen molar-refractivity contribution in [1.82, 2.24) is 4.90 Å². The molecule has 1 atom stereocenters. The fraction of sp³-hybridized carbons (Fsp3) is 0.429.